The van der Waals surface area contributed by atoms with Crippen molar-refractivity contribution in [3.8, 4) is 11.4 Å². The zero-order valence-corrected chi connectivity index (χ0v) is 16.6. The quantitative estimate of drug-likeness (QED) is 0.532. The molecule has 0 saturated heterocycles. The molecule has 2 aromatic heterocycles. The summed E-state index contributed by atoms with van der Waals surface area (Å²) in [5.41, 5.74) is 3.91. The predicted octanol–water partition coefficient (Wildman–Crippen LogP) is 3.51. The number of tetrazole rings is 1. The van der Waals surface area contributed by atoms with Crippen molar-refractivity contribution >= 4 is 11.6 Å². The number of hydrogen-bond donors (Lipinski definition) is 1. The Labute approximate surface area is 173 Å². The fourth-order valence-electron chi connectivity index (χ4n) is 2.95. The normalized spacial score (nSPS) is 10.6. The Morgan fingerprint density at radius 1 is 1.10 bits per heavy atom. The van der Waals surface area contributed by atoms with Gasteiger partial charge in [-0.05, 0) is 66.2 Å². The van der Waals surface area contributed by atoms with Crippen LogP contribution in [0.3, 0.4) is 0 Å². The summed E-state index contributed by atoms with van der Waals surface area (Å²) in [4.78, 5) is 16.8. The van der Waals surface area contributed by atoms with Gasteiger partial charge in [0.15, 0.2) is 5.82 Å². The molecular weight excluding hydrogens is 380 g/mol. The highest BCUT2D eigenvalue weighted by Gasteiger charge is 2.11. The number of benzene rings is 2. The molecule has 2 aromatic carbocycles. The molecule has 4 aromatic rings. The van der Waals surface area contributed by atoms with Crippen LogP contribution < -0.4 is 10.1 Å². The van der Waals surface area contributed by atoms with Crippen LogP contribution in [0.5, 0.6) is 5.75 Å². The first kappa shape index (κ1) is 19.3. The van der Waals surface area contributed by atoms with E-state index in [1.807, 2.05) is 50.2 Å². The molecule has 0 aliphatic carbocycles. The van der Waals surface area contributed by atoms with Crippen molar-refractivity contribution in [2.45, 2.75) is 20.5 Å². The summed E-state index contributed by atoms with van der Waals surface area (Å²) in [7, 11) is 0. The maximum Gasteiger partial charge on any atom is 0.255 e. The maximum atomic E-state index is 12.8. The van der Waals surface area contributed by atoms with Crippen LogP contribution in [-0.2, 0) is 6.61 Å². The van der Waals surface area contributed by atoms with Gasteiger partial charge in [-0.25, -0.2) is 0 Å². The van der Waals surface area contributed by atoms with Gasteiger partial charge < -0.3 is 10.1 Å². The molecule has 0 fully saturated rings. The van der Waals surface area contributed by atoms with Gasteiger partial charge >= 0.3 is 0 Å². The third-order valence-corrected chi connectivity index (χ3v) is 4.55. The van der Waals surface area contributed by atoms with Gasteiger partial charge in [-0.15, -0.1) is 5.10 Å². The van der Waals surface area contributed by atoms with Crippen LogP contribution in [0.2, 0.25) is 0 Å². The minimum Gasteiger partial charge on any atom is -0.489 e. The molecule has 0 unspecified atom stereocenters. The van der Waals surface area contributed by atoms with Crippen molar-refractivity contribution in [2.75, 3.05) is 5.32 Å². The number of rotatable bonds is 6. The number of nitrogens with zero attached hydrogens (tertiary/aromatic N) is 5. The Balaban J connectivity index is 1.48. The molecule has 30 heavy (non-hydrogen) atoms. The molecule has 0 bridgehead atoms. The van der Waals surface area contributed by atoms with Crippen molar-refractivity contribution in [2.24, 2.45) is 0 Å². The van der Waals surface area contributed by atoms with Gasteiger partial charge in [0.05, 0.1) is 5.69 Å². The van der Waals surface area contributed by atoms with Crippen LogP contribution in [0.4, 0.5) is 5.69 Å². The fourth-order valence-corrected chi connectivity index (χ4v) is 2.95. The van der Waals surface area contributed by atoms with E-state index in [0.717, 1.165) is 16.8 Å². The van der Waals surface area contributed by atoms with Crippen LogP contribution in [0.1, 0.15) is 27.3 Å². The molecule has 0 spiro atoms. The number of nitrogens with one attached hydrogen (secondary N) is 1. The number of pyridine rings is 1. The maximum absolute atomic E-state index is 12.8. The smallest absolute Gasteiger partial charge is 0.255 e. The van der Waals surface area contributed by atoms with Gasteiger partial charge in [-0.1, -0.05) is 18.2 Å². The Morgan fingerprint density at radius 3 is 2.77 bits per heavy atom. The van der Waals surface area contributed by atoms with Crippen LogP contribution in [0, 0.1) is 13.8 Å². The van der Waals surface area contributed by atoms with E-state index in [4.69, 9.17) is 4.74 Å². The van der Waals surface area contributed by atoms with E-state index in [1.165, 1.54) is 0 Å². The summed E-state index contributed by atoms with van der Waals surface area (Å²) in [6.07, 6.45) is 3.46. The Morgan fingerprint density at radius 2 is 2.00 bits per heavy atom. The average Bonchev–Trinajstić information content (AvgIpc) is 3.20. The molecule has 4 rings (SSSR count). The van der Waals surface area contributed by atoms with Crippen molar-refractivity contribution in [1.29, 1.82) is 0 Å². The largest absolute Gasteiger partial charge is 0.489 e. The van der Waals surface area contributed by atoms with Crippen LogP contribution in [0.15, 0.2) is 67.0 Å². The lowest BCUT2D eigenvalue weighted by atomic mass is 10.1. The lowest BCUT2D eigenvalue weighted by Gasteiger charge is -2.11. The van der Waals surface area contributed by atoms with Gasteiger partial charge in [-0.3, -0.25) is 9.78 Å². The highest BCUT2D eigenvalue weighted by atomic mass is 16.5. The molecule has 8 heteroatoms. The highest BCUT2D eigenvalue weighted by molar-refractivity contribution is 6.04. The zero-order chi connectivity index (χ0) is 20.9. The molecule has 2 heterocycles. The number of anilines is 1. The molecule has 0 atom stereocenters. The lowest BCUT2D eigenvalue weighted by molar-refractivity contribution is 0.102. The summed E-state index contributed by atoms with van der Waals surface area (Å²) in [6.45, 7) is 4.17. The Bertz CT molecular complexity index is 1170. The summed E-state index contributed by atoms with van der Waals surface area (Å²) >= 11 is 0. The third-order valence-electron chi connectivity index (χ3n) is 4.55. The van der Waals surface area contributed by atoms with E-state index < -0.39 is 0 Å². The number of carbonyl (C=O) groups excluding carboxylic acids is 1. The fraction of sp³-hybridized carbons (Fsp3) is 0.136. The Kier molecular flexibility index (Phi) is 5.47. The highest BCUT2D eigenvalue weighted by Crippen LogP contribution is 2.21. The van der Waals surface area contributed by atoms with E-state index >= 15 is 0 Å². The zero-order valence-electron chi connectivity index (χ0n) is 16.6. The average molecular weight is 400 g/mol. The summed E-state index contributed by atoms with van der Waals surface area (Å²) in [5, 5.41) is 14.5. The number of hydrogen-bond acceptors (Lipinski definition) is 6. The van der Waals surface area contributed by atoms with Gasteiger partial charge in [0.1, 0.15) is 12.4 Å². The van der Waals surface area contributed by atoms with Crippen LogP contribution in [0.25, 0.3) is 5.69 Å². The van der Waals surface area contributed by atoms with E-state index in [2.05, 4.69) is 25.8 Å². The van der Waals surface area contributed by atoms with Gasteiger partial charge in [0.2, 0.25) is 0 Å². The summed E-state index contributed by atoms with van der Waals surface area (Å²) < 4.78 is 7.42. The second-order valence-electron chi connectivity index (χ2n) is 6.77. The molecular formula is C22H20N6O2. The first-order valence-corrected chi connectivity index (χ1v) is 9.39. The van der Waals surface area contributed by atoms with E-state index in [1.54, 1.807) is 35.3 Å². The van der Waals surface area contributed by atoms with E-state index in [-0.39, 0.29) is 5.91 Å². The van der Waals surface area contributed by atoms with Gasteiger partial charge in [0.25, 0.3) is 5.91 Å². The van der Waals surface area contributed by atoms with Crippen LogP contribution in [-0.4, -0.2) is 31.1 Å². The minimum atomic E-state index is -0.231. The third kappa shape index (κ3) is 4.33. The van der Waals surface area contributed by atoms with Crippen molar-refractivity contribution in [3.63, 3.8) is 0 Å². The van der Waals surface area contributed by atoms with Crippen molar-refractivity contribution in [3.05, 3.63) is 89.5 Å². The monoisotopic (exact) mass is 400 g/mol. The standard InChI is InChI=1S/C22H20N6O2/c1-15-8-9-19(12-21(15)28-16(2)25-26-27-28)24-22(29)18-6-3-7-20(11-18)30-14-17-5-4-10-23-13-17/h3-13H,14H2,1-2H3,(H,24,29). The Hall–Kier alpha value is -4.07. The number of carbonyl (C=O) groups is 1. The molecule has 0 radical (unpaired) electrons. The first-order valence-electron chi connectivity index (χ1n) is 9.39. The molecule has 0 aliphatic rings. The SMILES string of the molecule is Cc1ccc(NC(=O)c2cccc(OCc3cccnc3)c2)cc1-n1nnnc1C. The lowest BCUT2D eigenvalue weighted by Crippen LogP contribution is -2.13. The van der Waals surface area contributed by atoms with Crippen molar-refractivity contribution in [1.82, 2.24) is 25.2 Å². The second kappa shape index (κ2) is 8.52. The second-order valence-corrected chi connectivity index (χ2v) is 6.77. The topological polar surface area (TPSA) is 94.8 Å². The molecule has 1 amide bonds. The number of aromatic nitrogens is 5. The van der Waals surface area contributed by atoms with E-state index in [9.17, 15) is 4.79 Å². The molecule has 150 valence electrons. The first-order chi connectivity index (χ1) is 14.6. The summed E-state index contributed by atoms with van der Waals surface area (Å²) in [6, 6.07) is 16.5. The van der Waals surface area contributed by atoms with Crippen molar-refractivity contribution < 1.29 is 9.53 Å². The molecule has 1 N–H and O–H groups in total. The molecule has 0 saturated carbocycles. The molecule has 0 aliphatic heterocycles. The minimum absolute atomic E-state index is 0.231. The summed E-state index contributed by atoms with van der Waals surface area (Å²) in [5.74, 6) is 1.05. The number of aryl methyl sites for hydroxylation is 2. The predicted molar refractivity (Wildman–Crippen MR) is 112 cm³/mol. The number of amides is 1. The van der Waals surface area contributed by atoms with E-state index in [0.29, 0.717) is 29.4 Å². The van der Waals surface area contributed by atoms with Gasteiger partial charge in [-0.2, -0.15) is 4.68 Å². The number of ether oxygens (including phenoxy) is 1. The molecule has 8 nitrogen and oxygen atoms in total. The van der Waals surface area contributed by atoms with Crippen LogP contribution >= 0.6 is 0 Å². The van der Waals surface area contributed by atoms with Gasteiger partial charge in [0, 0.05) is 29.2 Å².